The number of hydrogen-bond donors (Lipinski definition) is 1. The Labute approximate surface area is 181 Å². The minimum absolute atomic E-state index is 0.142. The molecule has 0 spiro atoms. The number of aryl methyl sites for hydroxylation is 1. The molecule has 1 amide bonds. The summed E-state index contributed by atoms with van der Waals surface area (Å²) >= 11 is 0. The van der Waals surface area contributed by atoms with E-state index in [0.717, 1.165) is 47.2 Å². The van der Waals surface area contributed by atoms with E-state index < -0.39 is 0 Å². The summed E-state index contributed by atoms with van der Waals surface area (Å²) in [6, 6.07) is 17.3. The molecule has 2 aliphatic rings. The lowest BCUT2D eigenvalue weighted by Gasteiger charge is -2.26. The Hall–Kier alpha value is -3.19. The Bertz CT molecular complexity index is 1090. The summed E-state index contributed by atoms with van der Waals surface area (Å²) in [4.78, 5) is 26.2. The average molecular weight is 421 g/mol. The number of fused-ring (bicyclic) bond motifs is 3. The molecule has 2 saturated heterocycles. The van der Waals surface area contributed by atoms with E-state index in [-0.39, 0.29) is 12.4 Å². The Morgan fingerprint density at radius 1 is 1.06 bits per heavy atom. The van der Waals surface area contributed by atoms with Gasteiger partial charge in [0.2, 0.25) is 0 Å². The van der Waals surface area contributed by atoms with E-state index in [4.69, 9.17) is 15.0 Å². The first-order chi connectivity index (χ1) is 15.0. The Morgan fingerprint density at radius 2 is 1.81 bits per heavy atom. The summed E-state index contributed by atoms with van der Waals surface area (Å²) in [5.74, 6) is 0.142. The van der Waals surface area contributed by atoms with Crippen molar-refractivity contribution in [2.45, 2.75) is 31.3 Å². The van der Waals surface area contributed by atoms with E-state index in [0.29, 0.717) is 12.1 Å². The highest BCUT2D eigenvalue weighted by Crippen LogP contribution is 2.31. The number of aromatic nitrogens is 2. The van der Waals surface area contributed by atoms with Gasteiger partial charge in [0.05, 0.1) is 5.52 Å². The fourth-order valence-electron chi connectivity index (χ4n) is 4.90. The molecule has 31 heavy (non-hydrogen) atoms. The lowest BCUT2D eigenvalue weighted by Crippen LogP contribution is -2.39. The van der Waals surface area contributed by atoms with Crippen LogP contribution in [-0.2, 0) is 11.8 Å². The number of likely N-dealkylation sites (N-methyl/N-ethyl adjacent to an activating group) is 1. The Kier molecular flexibility index (Phi) is 6.04. The van der Waals surface area contributed by atoms with Gasteiger partial charge in [-0.15, -0.1) is 0 Å². The SMILES string of the molecule is CN1[C@H]2CC[C@@H]1CN(C(=O)c1cccc(-c3nn(C)c4ccccc34)c1)CC2.O=CO. The van der Waals surface area contributed by atoms with Crippen LogP contribution in [0.3, 0.4) is 0 Å². The molecule has 1 N–H and O–H groups in total. The number of amides is 1. The van der Waals surface area contributed by atoms with Gasteiger partial charge in [-0.05, 0) is 44.5 Å². The molecule has 162 valence electrons. The van der Waals surface area contributed by atoms with Crippen LogP contribution in [0.25, 0.3) is 22.2 Å². The van der Waals surface area contributed by atoms with Gasteiger partial charge in [0.15, 0.2) is 0 Å². The lowest BCUT2D eigenvalue weighted by atomic mass is 10.0. The minimum atomic E-state index is -0.250. The van der Waals surface area contributed by atoms with Crippen molar-refractivity contribution in [1.82, 2.24) is 19.6 Å². The number of hydrogen-bond acceptors (Lipinski definition) is 4. The highest BCUT2D eigenvalue weighted by Gasteiger charge is 2.36. The maximum Gasteiger partial charge on any atom is 0.290 e. The second-order valence-corrected chi connectivity index (χ2v) is 8.27. The van der Waals surface area contributed by atoms with Crippen LogP contribution in [0.5, 0.6) is 0 Å². The van der Waals surface area contributed by atoms with Crippen LogP contribution in [0.2, 0.25) is 0 Å². The third kappa shape index (κ3) is 4.05. The summed E-state index contributed by atoms with van der Waals surface area (Å²) in [6.07, 6.45) is 3.54. The predicted molar refractivity (Wildman–Crippen MR) is 120 cm³/mol. The largest absolute Gasteiger partial charge is 0.483 e. The number of rotatable bonds is 2. The molecule has 0 radical (unpaired) electrons. The van der Waals surface area contributed by atoms with Crippen molar-refractivity contribution in [3.05, 3.63) is 54.1 Å². The van der Waals surface area contributed by atoms with E-state index in [1.807, 2.05) is 48.1 Å². The van der Waals surface area contributed by atoms with Crippen LogP contribution in [0.1, 0.15) is 29.6 Å². The maximum atomic E-state index is 13.3. The molecule has 0 saturated carbocycles. The van der Waals surface area contributed by atoms with Crippen LogP contribution >= 0.6 is 0 Å². The van der Waals surface area contributed by atoms with E-state index in [9.17, 15) is 4.79 Å². The Balaban J connectivity index is 0.000000730. The summed E-state index contributed by atoms with van der Waals surface area (Å²) in [7, 11) is 4.17. The molecule has 0 aliphatic carbocycles. The van der Waals surface area contributed by atoms with Gasteiger partial charge < -0.3 is 10.0 Å². The zero-order valence-electron chi connectivity index (χ0n) is 17.9. The van der Waals surface area contributed by atoms with Crippen molar-refractivity contribution < 1.29 is 14.7 Å². The fraction of sp³-hybridized carbons (Fsp3) is 0.375. The topological polar surface area (TPSA) is 78.7 Å². The summed E-state index contributed by atoms with van der Waals surface area (Å²) in [5.41, 5.74) is 3.78. The molecule has 2 aromatic carbocycles. The molecule has 1 aromatic heterocycles. The van der Waals surface area contributed by atoms with Gasteiger partial charge in [-0.2, -0.15) is 5.10 Å². The standard InChI is InChI=1S/C23H26N4O.CH2O2/c1-25-18-10-11-19(25)15-27(13-12-18)23(28)17-7-5-6-16(14-17)22-20-8-3-4-9-21(20)26(2)24-22;2-1-3/h3-9,14,18-19H,10-13,15H2,1-2H3;1H,(H,2,3)/t18-,19+;/m0./s1. The third-order valence-electron chi connectivity index (χ3n) is 6.58. The number of benzene rings is 2. The number of carboxylic acid groups (broad SMARTS) is 1. The fourth-order valence-corrected chi connectivity index (χ4v) is 4.90. The van der Waals surface area contributed by atoms with Crippen molar-refractivity contribution in [1.29, 1.82) is 0 Å². The second kappa shape index (κ2) is 8.89. The lowest BCUT2D eigenvalue weighted by molar-refractivity contribution is -0.122. The molecular weight excluding hydrogens is 392 g/mol. The first-order valence-corrected chi connectivity index (χ1v) is 10.6. The van der Waals surface area contributed by atoms with Crippen LogP contribution in [0.4, 0.5) is 0 Å². The van der Waals surface area contributed by atoms with Gasteiger partial charge in [0, 0.05) is 48.7 Å². The molecule has 5 rings (SSSR count). The molecule has 3 heterocycles. The number of carbonyl (C=O) groups is 2. The first kappa shape index (κ1) is 21.1. The van der Waals surface area contributed by atoms with Crippen LogP contribution in [-0.4, -0.2) is 69.3 Å². The van der Waals surface area contributed by atoms with Crippen molar-refractivity contribution in [3.8, 4) is 11.3 Å². The van der Waals surface area contributed by atoms with Crippen LogP contribution in [0, 0.1) is 0 Å². The van der Waals surface area contributed by atoms with Crippen molar-refractivity contribution in [3.63, 3.8) is 0 Å². The summed E-state index contributed by atoms with van der Waals surface area (Å²) in [6.45, 7) is 1.43. The zero-order chi connectivity index (χ0) is 22.0. The monoisotopic (exact) mass is 420 g/mol. The number of nitrogens with zero attached hydrogens (tertiary/aromatic N) is 4. The number of likely N-dealkylation sites (tertiary alicyclic amines) is 1. The smallest absolute Gasteiger partial charge is 0.290 e. The summed E-state index contributed by atoms with van der Waals surface area (Å²) in [5, 5.41) is 12.7. The van der Waals surface area contributed by atoms with Crippen molar-refractivity contribution >= 4 is 23.3 Å². The molecule has 2 aliphatic heterocycles. The van der Waals surface area contributed by atoms with E-state index in [1.54, 1.807) is 0 Å². The van der Waals surface area contributed by atoms with Gasteiger partial charge in [0.1, 0.15) is 5.69 Å². The van der Waals surface area contributed by atoms with Gasteiger partial charge in [-0.3, -0.25) is 19.2 Å². The van der Waals surface area contributed by atoms with Crippen LogP contribution in [0.15, 0.2) is 48.5 Å². The van der Waals surface area contributed by atoms with E-state index in [1.165, 1.54) is 12.8 Å². The van der Waals surface area contributed by atoms with Crippen LogP contribution < -0.4 is 0 Å². The van der Waals surface area contributed by atoms with Gasteiger partial charge in [-0.25, -0.2) is 0 Å². The molecule has 2 fully saturated rings. The third-order valence-corrected chi connectivity index (χ3v) is 6.58. The molecule has 7 heteroatoms. The van der Waals surface area contributed by atoms with Gasteiger partial charge >= 0.3 is 0 Å². The van der Waals surface area contributed by atoms with Crippen molar-refractivity contribution in [2.75, 3.05) is 20.1 Å². The van der Waals surface area contributed by atoms with E-state index >= 15 is 0 Å². The highest BCUT2D eigenvalue weighted by molar-refractivity contribution is 5.98. The van der Waals surface area contributed by atoms with Gasteiger partial charge in [0.25, 0.3) is 12.4 Å². The predicted octanol–water partition coefficient (Wildman–Crippen LogP) is 3.25. The Morgan fingerprint density at radius 3 is 2.61 bits per heavy atom. The van der Waals surface area contributed by atoms with E-state index in [2.05, 4.69) is 29.0 Å². The maximum absolute atomic E-state index is 13.3. The first-order valence-electron chi connectivity index (χ1n) is 10.6. The zero-order valence-corrected chi connectivity index (χ0v) is 17.9. The van der Waals surface area contributed by atoms with Crippen molar-refractivity contribution in [2.24, 2.45) is 7.05 Å². The minimum Gasteiger partial charge on any atom is -0.483 e. The molecule has 0 unspecified atom stereocenters. The second-order valence-electron chi connectivity index (χ2n) is 8.27. The molecule has 2 bridgehead atoms. The quantitative estimate of drug-likeness (QED) is 0.644. The highest BCUT2D eigenvalue weighted by atomic mass is 16.3. The molecule has 2 atom stereocenters. The molecule has 7 nitrogen and oxygen atoms in total. The normalized spacial score (nSPS) is 20.8. The number of para-hydroxylation sites is 1. The summed E-state index contributed by atoms with van der Waals surface area (Å²) < 4.78 is 1.90. The average Bonchev–Trinajstić information content (AvgIpc) is 3.24. The molecular formula is C24H28N4O3. The molecule has 3 aromatic rings. The number of carbonyl (C=O) groups excluding carboxylic acids is 1. The van der Waals surface area contributed by atoms with Gasteiger partial charge in [-0.1, -0.05) is 30.3 Å².